The number of nitrogens with one attached hydrogen (secondary N) is 1. The van der Waals surface area contributed by atoms with Crippen molar-refractivity contribution >= 4 is 38.2 Å². The number of nitrogens with zero attached hydrogens (tertiary/aromatic N) is 3. The van der Waals surface area contributed by atoms with Crippen LogP contribution >= 0.6 is 0 Å². The van der Waals surface area contributed by atoms with Crippen molar-refractivity contribution in [3.63, 3.8) is 0 Å². The maximum absolute atomic E-state index is 13.3. The molecular formula is C21H22N4O3S. The number of hydrogen-bond acceptors (Lipinski definition) is 5. The first-order valence-electron chi connectivity index (χ1n) is 9.33. The van der Waals surface area contributed by atoms with Gasteiger partial charge in [-0.1, -0.05) is 6.08 Å². The average molecular weight is 410 g/mol. The Morgan fingerprint density at radius 1 is 1.17 bits per heavy atom. The highest BCUT2D eigenvalue weighted by molar-refractivity contribution is 7.90. The molecule has 7 nitrogen and oxygen atoms in total. The minimum atomic E-state index is -3.84. The molecule has 0 aliphatic carbocycles. The summed E-state index contributed by atoms with van der Waals surface area (Å²) in [6.45, 7) is 3.16. The Morgan fingerprint density at radius 3 is 2.59 bits per heavy atom. The second-order valence-corrected chi connectivity index (χ2v) is 8.98. The molecule has 4 rings (SSSR count). The van der Waals surface area contributed by atoms with Gasteiger partial charge in [-0.2, -0.15) is 0 Å². The first-order chi connectivity index (χ1) is 13.9. The van der Waals surface area contributed by atoms with Gasteiger partial charge in [0.15, 0.2) is 5.65 Å². The molecule has 0 radical (unpaired) electrons. The van der Waals surface area contributed by atoms with Gasteiger partial charge in [0.1, 0.15) is 0 Å². The Labute approximate surface area is 169 Å². The molecular weight excluding hydrogens is 388 g/mol. The normalized spacial score (nSPS) is 15.3. The summed E-state index contributed by atoms with van der Waals surface area (Å²) in [6, 6.07) is 9.86. The Kier molecular flexibility index (Phi) is 4.97. The van der Waals surface area contributed by atoms with Crippen LogP contribution in [-0.4, -0.2) is 48.3 Å². The van der Waals surface area contributed by atoms with Gasteiger partial charge < -0.3 is 10.2 Å². The number of hydrogen-bond donors (Lipinski definition) is 1. The van der Waals surface area contributed by atoms with E-state index in [0.717, 1.165) is 36.0 Å². The smallest absolute Gasteiger partial charge is 0.269 e. The van der Waals surface area contributed by atoms with Gasteiger partial charge in [-0.15, -0.1) is 0 Å². The van der Waals surface area contributed by atoms with Crippen molar-refractivity contribution in [2.45, 2.75) is 18.2 Å². The van der Waals surface area contributed by atoms with Crippen molar-refractivity contribution < 1.29 is 13.2 Å². The summed E-state index contributed by atoms with van der Waals surface area (Å²) in [5, 5.41) is 3.46. The van der Waals surface area contributed by atoms with Crippen molar-refractivity contribution in [2.24, 2.45) is 0 Å². The van der Waals surface area contributed by atoms with Crippen LogP contribution in [0.4, 0.5) is 5.69 Å². The number of likely N-dealkylation sites (N-methyl/N-ethyl adjacent to an activating group) is 1. The van der Waals surface area contributed by atoms with Crippen LogP contribution in [0, 0.1) is 0 Å². The predicted molar refractivity (Wildman–Crippen MR) is 113 cm³/mol. The summed E-state index contributed by atoms with van der Waals surface area (Å²) < 4.78 is 27.9. The molecule has 0 fully saturated rings. The molecule has 8 heteroatoms. The van der Waals surface area contributed by atoms with Gasteiger partial charge in [0.2, 0.25) is 5.91 Å². The van der Waals surface area contributed by atoms with Crippen LogP contribution in [0.25, 0.3) is 16.6 Å². The van der Waals surface area contributed by atoms with Gasteiger partial charge in [0.25, 0.3) is 10.0 Å². The van der Waals surface area contributed by atoms with E-state index in [-0.39, 0.29) is 10.8 Å². The lowest BCUT2D eigenvalue weighted by Crippen LogP contribution is -2.23. The van der Waals surface area contributed by atoms with Gasteiger partial charge in [0, 0.05) is 49.0 Å². The van der Waals surface area contributed by atoms with E-state index < -0.39 is 10.0 Å². The van der Waals surface area contributed by atoms with Crippen molar-refractivity contribution in [3.8, 4) is 0 Å². The van der Waals surface area contributed by atoms with Crippen LogP contribution in [0.1, 0.15) is 18.9 Å². The number of fused-ring (bicyclic) bond motifs is 1. The number of aromatic nitrogens is 2. The van der Waals surface area contributed by atoms with Gasteiger partial charge >= 0.3 is 0 Å². The molecule has 0 saturated heterocycles. The summed E-state index contributed by atoms with van der Waals surface area (Å²) in [5.41, 5.74) is 2.99. The van der Waals surface area contributed by atoms with Crippen LogP contribution in [0.3, 0.4) is 0 Å². The molecule has 29 heavy (non-hydrogen) atoms. The fraction of sp³-hybridized carbons (Fsp3) is 0.238. The molecule has 0 spiro atoms. The standard InChI is InChI=1S/C21H22N4O3S/c1-15(26)23-17-5-7-18(8-6-17)29(27,28)25-14-20(16-9-12-24(2)13-10-16)19-4-3-11-22-21(19)25/h3-9,11,14H,10,12-13H2,1-2H3,(H,23,26). The number of rotatable bonds is 4. The molecule has 0 atom stereocenters. The van der Waals surface area contributed by atoms with Crippen molar-refractivity contribution in [3.05, 3.63) is 60.4 Å². The average Bonchev–Trinajstić information content (AvgIpc) is 3.09. The lowest BCUT2D eigenvalue weighted by atomic mass is 10.00. The van der Waals surface area contributed by atoms with Gasteiger partial charge in [0.05, 0.1) is 4.90 Å². The minimum Gasteiger partial charge on any atom is -0.326 e. The van der Waals surface area contributed by atoms with E-state index in [1.807, 2.05) is 12.1 Å². The third kappa shape index (κ3) is 3.68. The van der Waals surface area contributed by atoms with E-state index in [4.69, 9.17) is 0 Å². The molecule has 1 aliphatic heterocycles. The largest absolute Gasteiger partial charge is 0.326 e. The zero-order chi connectivity index (χ0) is 20.6. The maximum Gasteiger partial charge on any atom is 0.269 e. The van der Waals surface area contributed by atoms with Gasteiger partial charge in [-0.3, -0.25) is 4.79 Å². The number of carbonyl (C=O) groups excluding carboxylic acids is 1. The highest BCUT2D eigenvalue weighted by Gasteiger charge is 2.24. The Morgan fingerprint density at radius 2 is 1.93 bits per heavy atom. The number of pyridine rings is 1. The van der Waals surface area contributed by atoms with E-state index >= 15 is 0 Å². The second-order valence-electron chi connectivity index (χ2n) is 7.17. The van der Waals surface area contributed by atoms with E-state index in [1.165, 1.54) is 23.0 Å². The third-order valence-electron chi connectivity index (χ3n) is 5.02. The molecule has 150 valence electrons. The van der Waals surface area contributed by atoms with Crippen molar-refractivity contribution in [1.82, 2.24) is 13.9 Å². The third-order valence-corrected chi connectivity index (χ3v) is 6.69. The Hall–Kier alpha value is -2.97. The van der Waals surface area contributed by atoms with Crippen LogP contribution in [0.5, 0.6) is 0 Å². The topological polar surface area (TPSA) is 84.3 Å². The molecule has 0 bridgehead atoms. The lowest BCUT2D eigenvalue weighted by Gasteiger charge is -2.21. The van der Waals surface area contributed by atoms with E-state index in [0.29, 0.717) is 11.3 Å². The number of benzene rings is 1. The van der Waals surface area contributed by atoms with Crippen LogP contribution in [0.2, 0.25) is 0 Å². The number of carbonyl (C=O) groups is 1. The zero-order valence-electron chi connectivity index (χ0n) is 16.3. The van der Waals surface area contributed by atoms with Crippen molar-refractivity contribution in [1.29, 1.82) is 0 Å². The quantitative estimate of drug-likeness (QED) is 0.715. The van der Waals surface area contributed by atoms with Gasteiger partial charge in [-0.25, -0.2) is 17.4 Å². The molecule has 0 saturated carbocycles. The second kappa shape index (κ2) is 7.46. The van der Waals surface area contributed by atoms with E-state index in [9.17, 15) is 13.2 Å². The molecule has 0 unspecified atom stereocenters. The SMILES string of the molecule is CC(=O)Nc1ccc(S(=O)(=O)n2cc(C3=CCN(C)CC3)c3cccnc32)cc1. The first-order valence-corrected chi connectivity index (χ1v) is 10.8. The van der Waals surface area contributed by atoms with Crippen LogP contribution in [-0.2, 0) is 14.8 Å². The number of anilines is 1. The lowest BCUT2D eigenvalue weighted by molar-refractivity contribution is -0.114. The Balaban J connectivity index is 1.80. The monoisotopic (exact) mass is 410 g/mol. The molecule has 3 aromatic rings. The molecule has 1 aromatic carbocycles. The first kappa shape index (κ1) is 19.4. The van der Waals surface area contributed by atoms with E-state index in [1.54, 1.807) is 24.5 Å². The summed E-state index contributed by atoms with van der Waals surface area (Å²) in [4.78, 5) is 17.9. The minimum absolute atomic E-state index is 0.137. The van der Waals surface area contributed by atoms with Crippen LogP contribution < -0.4 is 5.32 Å². The fourth-order valence-corrected chi connectivity index (χ4v) is 4.84. The summed E-state index contributed by atoms with van der Waals surface area (Å²) in [7, 11) is -1.77. The van der Waals surface area contributed by atoms with Crippen molar-refractivity contribution in [2.75, 3.05) is 25.5 Å². The zero-order valence-corrected chi connectivity index (χ0v) is 17.1. The summed E-state index contributed by atoms with van der Waals surface area (Å²) >= 11 is 0. The van der Waals surface area contributed by atoms with Gasteiger partial charge in [-0.05, 0) is 55.4 Å². The Bertz CT molecular complexity index is 1210. The summed E-state index contributed by atoms with van der Waals surface area (Å²) in [5.74, 6) is -0.211. The highest BCUT2D eigenvalue weighted by atomic mass is 32.2. The molecule has 1 N–H and O–H groups in total. The molecule has 3 heterocycles. The molecule has 1 aliphatic rings. The predicted octanol–water partition coefficient (Wildman–Crippen LogP) is 2.95. The summed E-state index contributed by atoms with van der Waals surface area (Å²) in [6.07, 6.45) is 6.27. The molecule has 1 amide bonds. The molecule has 2 aromatic heterocycles. The van der Waals surface area contributed by atoms with E-state index in [2.05, 4.69) is 28.3 Å². The number of amides is 1. The van der Waals surface area contributed by atoms with Crippen LogP contribution in [0.15, 0.2) is 59.8 Å². The fourth-order valence-electron chi connectivity index (χ4n) is 3.51. The maximum atomic E-state index is 13.3. The highest BCUT2D eigenvalue weighted by Crippen LogP contribution is 2.32.